The van der Waals surface area contributed by atoms with Crippen LogP contribution in [0, 0.1) is 0 Å². The minimum absolute atomic E-state index is 0.121. The zero-order valence-electron chi connectivity index (χ0n) is 15.0. The Hall–Kier alpha value is -2.84. The van der Waals surface area contributed by atoms with E-state index in [2.05, 4.69) is 72.2 Å². The Labute approximate surface area is 163 Å². The molecular formula is C24H19ClN2. The van der Waals surface area contributed by atoms with Crippen LogP contribution in [0.2, 0.25) is 5.02 Å². The summed E-state index contributed by atoms with van der Waals surface area (Å²) in [4.78, 5) is 4.96. The molecule has 2 atom stereocenters. The Morgan fingerprint density at radius 1 is 0.889 bits per heavy atom. The SMILES string of the molecule is CC1c2ccccc2C(/C=C/c2ccc(Cl)cc2)n2c1nc1ccccc12. The van der Waals surface area contributed by atoms with Crippen molar-refractivity contribution in [1.29, 1.82) is 0 Å². The van der Waals surface area contributed by atoms with Crippen molar-refractivity contribution in [1.82, 2.24) is 9.55 Å². The normalized spacial score (nSPS) is 18.6. The van der Waals surface area contributed by atoms with Crippen molar-refractivity contribution in [3.05, 3.63) is 106 Å². The molecule has 0 N–H and O–H groups in total. The molecule has 3 heteroatoms. The zero-order valence-corrected chi connectivity index (χ0v) is 15.8. The number of fused-ring (bicyclic) bond motifs is 4. The Bertz CT molecular complexity index is 1150. The summed E-state index contributed by atoms with van der Waals surface area (Å²) < 4.78 is 2.38. The lowest BCUT2D eigenvalue weighted by molar-refractivity contribution is 0.602. The lowest BCUT2D eigenvalue weighted by Crippen LogP contribution is -2.22. The van der Waals surface area contributed by atoms with E-state index in [1.165, 1.54) is 16.6 Å². The van der Waals surface area contributed by atoms with Gasteiger partial charge < -0.3 is 4.57 Å². The zero-order chi connectivity index (χ0) is 18.4. The largest absolute Gasteiger partial charge is 0.316 e. The highest BCUT2D eigenvalue weighted by molar-refractivity contribution is 6.30. The van der Waals surface area contributed by atoms with E-state index in [1.54, 1.807) is 0 Å². The van der Waals surface area contributed by atoms with E-state index in [0.717, 1.165) is 21.9 Å². The molecule has 2 unspecified atom stereocenters. The van der Waals surface area contributed by atoms with Gasteiger partial charge in [0.15, 0.2) is 0 Å². The lowest BCUT2D eigenvalue weighted by Gasteiger charge is -2.30. The third kappa shape index (κ3) is 2.68. The van der Waals surface area contributed by atoms with Crippen molar-refractivity contribution in [3.8, 4) is 0 Å². The van der Waals surface area contributed by atoms with Gasteiger partial charge in [-0.05, 0) is 41.0 Å². The summed E-state index contributed by atoms with van der Waals surface area (Å²) in [6.45, 7) is 2.25. The number of hydrogen-bond donors (Lipinski definition) is 0. The van der Waals surface area contributed by atoms with Crippen molar-refractivity contribution in [3.63, 3.8) is 0 Å². The molecule has 2 heterocycles. The van der Waals surface area contributed by atoms with Crippen LogP contribution in [0.5, 0.6) is 0 Å². The maximum atomic E-state index is 6.02. The summed E-state index contributed by atoms with van der Waals surface area (Å²) in [6, 6.07) is 25.2. The number of benzene rings is 3. The summed E-state index contributed by atoms with van der Waals surface area (Å²) in [5.41, 5.74) is 6.06. The first kappa shape index (κ1) is 16.3. The number of halogens is 1. The molecule has 0 bridgehead atoms. The van der Waals surface area contributed by atoms with Gasteiger partial charge in [-0.15, -0.1) is 0 Å². The van der Waals surface area contributed by atoms with Crippen LogP contribution in [-0.4, -0.2) is 9.55 Å². The standard InChI is InChI=1S/C24H19ClN2/c1-16-19-6-2-3-7-20(19)22(15-12-17-10-13-18(25)14-11-17)27-23-9-5-4-8-21(23)26-24(16)27/h2-16,22H,1H3/b15-12+. The molecule has 1 aliphatic rings. The lowest BCUT2D eigenvalue weighted by atomic mass is 9.87. The quantitative estimate of drug-likeness (QED) is 0.396. The highest BCUT2D eigenvalue weighted by Crippen LogP contribution is 2.41. The minimum Gasteiger partial charge on any atom is -0.316 e. The molecule has 3 aromatic carbocycles. The number of aromatic nitrogens is 2. The molecule has 0 radical (unpaired) electrons. The van der Waals surface area contributed by atoms with E-state index >= 15 is 0 Å². The number of rotatable bonds is 2. The van der Waals surface area contributed by atoms with Crippen molar-refractivity contribution >= 4 is 28.7 Å². The first-order valence-electron chi connectivity index (χ1n) is 9.22. The summed E-state index contributed by atoms with van der Waals surface area (Å²) >= 11 is 6.02. The number of nitrogens with zero attached hydrogens (tertiary/aromatic N) is 2. The molecule has 0 fully saturated rings. The van der Waals surface area contributed by atoms with Crippen LogP contribution >= 0.6 is 11.6 Å². The van der Waals surface area contributed by atoms with Gasteiger partial charge in [0.2, 0.25) is 0 Å². The molecule has 0 amide bonds. The van der Waals surface area contributed by atoms with Crippen LogP contribution in [0.4, 0.5) is 0 Å². The van der Waals surface area contributed by atoms with Gasteiger partial charge in [0.05, 0.1) is 17.1 Å². The predicted octanol–water partition coefficient (Wildman–Crippen LogP) is 6.46. The highest BCUT2D eigenvalue weighted by atomic mass is 35.5. The third-order valence-corrected chi connectivity index (χ3v) is 5.66. The summed E-state index contributed by atoms with van der Waals surface area (Å²) in [7, 11) is 0. The maximum Gasteiger partial charge on any atom is 0.118 e. The van der Waals surface area contributed by atoms with Gasteiger partial charge in [0.25, 0.3) is 0 Å². The fourth-order valence-corrected chi connectivity index (χ4v) is 4.21. The van der Waals surface area contributed by atoms with Gasteiger partial charge in [0, 0.05) is 10.9 Å². The monoisotopic (exact) mass is 370 g/mol. The second kappa shape index (κ2) is 6.40. The molecule has 132 valence electrons. The number of allylic oxidation sites excluding steroid dienone is 1. The Morgan fingerprint density at radius 3 is 2.41 bits per heavy atom. The van der Waals surface area contributed by atoms with Crippen molar-refractivity contribution < 1.29 is 0 Å². The molecule has 27 heavy (non-hydrogen) atoms. The Kier molecular flexibility index (Phi) is 3.87. The summed E-state index contributed by atoms with van der Waals surface area (Å²) in [5, 5.41) is 0.756. The van der Waals surface area contributed by atoms with E-state index in [1.807, 2.05) is 24.3 Å². The van der Waals surface area contributed by atoms with E-state index in [4.69, 9.17) is 16.6 Å². The van der Waals surface area contributed by atoms with Gasteiger partial charge >= 0.3 is 0 Å². The number of para-hydroxylation sites is 2. The second-order valence-electron chi connectivity index (χ2n) is 7.03. The van der Waals surface area contributed by atoms with Crippen molar-refractivity contribution in [2.75, 3.05) is 0 Å². The fraction of sp³-hybridized carbons (Fsp3) is 0.125. The van der Waals surface area contributed by atoms with E-state index in [9.17, 15) is 0 Å². The molecule has 0 saturated carbocycles. The predicted molar refractivity (Wildman–Crippen MR) is 112 cm³/mol. The first-order chi connectivity index (χ1) is 13.2. The summed E-state index contributed by atoms with van der Waals surface area (Å²) in [5.74, 6) is 1.40. The average Bonchev–Trinajstić information content (AvgIpc) is 3.09. The van der Waals surface area contributed by atoms with Crippen molar-refractivity contribution in [2.24, 2.45) is 0 Å². The molecule has 0 spiro atoms. The van der Waals surface area contributed by atoms with Gasteiger partial charge in [-0.2, -0.15) is 0 Å². The minimum atomic E-state index is 0.121. The van der Waals surface area contributed by atoms with Gasteiger partial charge in [-0.3, -0.25) is 0 Å². The van der Waals surface area contributed by atoms with E-state index in [0.29, 0.717) is 0 Å². The van der Waals surface area contributed by atoms with Crippen molar-refractivity contribution in [2.45, 2.75) is 18.9 Å². The third-order valence-electron chi connectivity index (χ3n) is 5.41. The van der Waals surface area contributed by atoms with Crippen LogP contribution in [0.3, 0.4) is 0 Å². The Morgan fingerprint density at radius 2 is 1.59 bits per heavy atom. The molecule has 1 aliphatic heterocycles. The summed E-state index contributed by atoms with van der Waals surface area (Å²) in [6.07, 6.45) is 4.44. The Balaban J connectivity index is 1.70. The highest BCUT2D eigenvalue weighted by Gasteiger charge is 2.30. The fourth-order valence-electron chi connectivity index (χ4n) is 4.08. The first-order valence-corrected chi connectivity index (χ1v) is 9.59. The smallest absolute Gasteiger partial charge is 0.118 e. The van der Waals surface area contributed by atoms with Gasteiger partial charge in [-0.25, -0.2) is 4.98 Å². The van der Waals surface area contributed by atoms with Gasteiger partial charge in [0.1, 0.15) is 5.82 Å². The number of imidazole rings is 1. The second-order valence-corrected chi connectivity index (χ2v) is 7.47. The molecule has 4 aromatic rings. The molecule has 2 nitrogen and oxygen atoms in total. The molecule has 0 aliphatic carbocycles. The van der Waals surface area contributed by atoms with Crippen LogP contribution in [0.15, 0.2) is 78.9 Å². The molecule has 1 aromatic heterocycles. The average molecular weight is 371 g/mol. The molecular weight excluding hydrogens is 352 g/mol. The van der Waals surface area contributed by atoms with Gasteiger partial charge in [-0.1, -0.05) is 79.2 Å². The topological polar surface area (TPSA) is 17.8 Å². The van der Waals surface area contributed by atoms with Crippen LogP contribution in [-0.2, 0) is 0 Å². The van der Waals surface area contributed by atoms with E-state index < -0.39 is 0 Å². The number of hydrogen-bond acceptors (Lipinski definition) is 1. The van der Waals surface area contributed by atoms with Crippen LogP contribution in [0.25, 0.3) is 17.1 Å². The van der Waals surface area contributed by atoms with Crippen LogP contribution < -0.4 is 0 Å². The molecule has 0 saturated heterocycles. The molecule has 5 rings (SSSR count). The van der Waals surface area contributed by atoms with Crippen LogP contribution in [0.1, 0.15) is 41.4 Å². The van der Waals surface area contributed by atoms with E-state index in [-0.39, 0.29) is 12.0 Å². The maximum absolute atomic E-state index is 6.02.